The number of amides is 2. The minimum atomic E-state index is -3.52. The molecule has 10 heteroatoms. The molecule has 1 aliphatic heterocycles. The zero-order valence-corrected chi connectivity index (χ0v) is 17.2. The number of hydrogen-bond acceptors (Lipinski definition) is 7. The molecule has 0 spiro atoms. The van der Waals surface area contributed by atoms with E-state index < -0.39 is 21.8 Å². The Morgan fingerprint density at radius 1 is 1.29 bits per heavy atom. The standard InChI is InChI=1S/C18H21N3O5S2/c1-12-3-5-13(6-4-12)28(24,25)10-8-16(22)20-17-19-14-7-9-21(18(23)26-2)11-15(14)27-17/h3-6H,7-11H2,1-2H3,(H,19,20,22). The van der Waals surface area contributed by atoms with Crippen molar-refractivity contribution >= 4 is 38.3 Å². The summed E-state index contributed by atoms with van der Waals surface area (Å²) in [5.41, 5.74) is 1.81. The first-order valence-corrected chi connectivity index (χ1v) is 11.2. The van der Waals surface area contributed by atoms with E-state index in [0.717, 1.165) is 16.1 Å². The van der Waals surface area contributed by atoms with E-state index >= 15 is 0 Å². The van der Waals surface area contributed by atoms with Gasteiger partial charge in [0.15, 0.2) is 15.0 Å². The first-order valence-electron chi connectivity index (χ1n) is 8.69. The lowest BCUT2D eigenvalue weighted by Gasteiger charge is -2.24. The second-order valence-corrected chi connectivity index (χ2v) is 9.65. The lowest BCUT2D eigenvalue weighted by atomic mass is 10.2. The van der Waals surface area contributed by atoms with Crippen molar-refractivity contribution in [1.82, 2.24) is 9.88 Å². The molecule has 0 saturated carbocycles. The Bertz CT molecular complexity index is 983. The van der Waals surface area contributed by atoms with Crippen LogP contribution in [0.2, 0.25) is 0 Å². The molecule has 3 rings (SSSR count). The molecule has 8 nitrogen and oxygen atoms in total. The first-order chi connectivity index (χ1) is 13.3. The second kappa shape index (κ2) is 8.27. The van der Waals surface area contributed by atoms with Gasteiger partial charge in [0.2, 0.25) is 5.91 Å². The number of aromatic nitrogens is 1. The summed E-state index contributed by atoms with van der Waals surface area (Å²) in [6.07, 6.45) is 0.0267. The molecule has 150 valence electrons. The predicted molar refractivity (Wildman–Crippen MR) is 105 cm³/mol. The van der Waals surface area contributed by atoms with Gasteiger partial charge in [-0.1, -0.05) is 29.0 Å². The molecule has 0 radical (unpaired) electrons. The normalized spacial score (nSPS) is 13.7. The van der Waals surface area contributed by atoms with Crippen LogP contribution in [0, 0.1) is 6.92 Å². The van der Waals surface area contributed by atoms with Crippen molar-refractivity contribution in [2.24, 2.45) is 0 Å². The van der Waals surface area contributed by atoms with Gasteiger partial charge in [-0.05, 0) is 19.1 Å². The molecule has 0 bridgehead atoms. The summed E-state index contributed by atoms with van der Waals surface area (Å²) in [5, 5.41) is 3.07. The van der Waals surface area contributed by atoms with Crippen molar-refractivity contribution in [2.75, 3.05) is 24.7 Å². The lowest BCUT2D eigenvalue weighted by Crippen LogP contribution is -2.35. The lowest BCUT2D eigenvalue weighted by molar-refractivity contribution is -0.115. The average Bonchev–Trinajstić information content (AvgIpc) is 3.07. The summed E-state index contributed by atoms with van der Waals surface area (Å²) < 4.78 is 29.4. The van der Waals surface area contributed by atoms with Gasteiger partial charge in [-0.2, -0.15) is 0 Å². The van der Waals surface area contributed by atoms with E-state index in [-0.39, 0.29) is 17.1 Å². The number of thiazole rings is 1. The highest BCUT2D eigenvalue weighted by molar-refractivity contribution is 7.91. The van der Waals surface area contributed by atoms with Gasteiger partial charge in [0, 0.05) is 24.3 Å². The van der Waals surface area contributed by atoms with E-state index in [2.05, 4.69) is 10.3 Å². The number of nitrogens with zero attached hydrogens (tertiary/aromatic N) is 2. The Kier molecular flexibility index (Phi) is 5.99. The van der Waals surface area contributed by atoms with Crippen LogP contribution in [-0.4, -0.2) is 49.7 Å². The third kappa shape index (κ3) is 4.68. The van der Waals surface area contributed by atoms with Gasteiger partial charge >= 0.3 is 6.09 Å². The average molecular weight is 424 g/mol. The van der Waals surface area contributed by atoms with Crippen LogP contribution in [0.4, 0.5) is 9.93 Å². The van der Waals surface area contributed by atoms with Crippen LogP contribution in [-0.2, 0) is 32.3 Å². The van der Waals surface area contributed by atoms with Crippen LogP contribution in [0.1, 0.15) is 22.6 Å². The molecule has 1 N–H and O–H groups in total. The molecular weight excluding hydrogens is 402 g/mol. The van der Waals surface area contributed by atoms with E-state index in [1.165, 1.54) is 18.4 Å². The van der Waals surface area contributed by atoms with E-state index in [9.17, 15) is 18.0 Å². The monoisotopic (exact) mass is 423 g/mol. The molecule has 2 aromatic rings. The highest BCUT2D eigenvalue weighted by Gasteiger charge is 2.25. The molecule has 28 heavy (non-hydrogen) atoms. The van der Waals surface area contributed by atoms with Crippen molar-refractivity contribution < 1.29 is 22.7 Å². The molecule has 0 aliphatic carbocycles. The number of anilines is 1. The summed E-state index contributed by atoms with van der Waals surface area (Å²) in [7, 11) is -2.19. The van der Waals surface area contributed by atoms with Crippen LogP contribution < -0.4 is 5.32 Å². The maximum Gasteiger partial charge on any atom is 0.409 e. The van der Waals surface area contributed by atoms with Crippen LogP contribution in [0.5, 0.6) is 0 Å². The number of aryl methyl sites for hydroxylation is 1. The van der Waals surface area contributed by atoms with Gasteiger partial charge in [0.25, 0.3) is 0 Å². The minimum absolute atomic E-state index is 0.158. The van der Waals surface area contributed by atoms with Gasteiger partial charge in [-0.3, -0.25) is 4.79 Å². The van der Waals surface area contributed by atoms with Crippen molar-refractivity contribution in [1.29, 1.82) is 0 Å². The number of ether oxygens (including phenoxy) is 1. The number of fused-ring (bicyclic) bond motifs is 1. The van der Waals surface area contributed by atoms with Crippen LogP contribution in [0.3, 0.4) is 0 Å². The van der Waals surface area contributed by atoms with Gasteiger partial charge in [-0.15, -0.1) is 0 Å². The second-order valence-electron chi connectivity index (χ2n) is 6.46. The fourth-order valence-electron chi connectivity index (χ4n) is 2.81. The zero-order valence-electron chi connectivity index (χ0n) is 15.6. The number of nitrogens with one attached hydrogen (secondary N) is 1. The number of sulfone groups is 1. The van der Waals surface area contributed by atoms with Gasteiger partial charge in [0.1, 0.15) is 0 Å². The molecule has 1 aliphatic rings. The maximum atomic E-state index is 12.3. The quantitative estimate of drug-likeness (QED) is 0.792. The number of benzene rings is 1. The molecule has 0 unspecified atom stereocenters. The Labute approximate surface area is 167 Å². The van der Waals surface area contributed by atoms with Crippen molar-refractivity contribution in [3.05, 3.63) is 40.4 Å². The van der Waals surface area contributed by atoms with E-state index in [1.54, 1.807) is 29.2 Å². The summed E-state index contributed by atoms with van der Waals surface area (Å²) >= 11 is 1.28. The third-order valence-electron chi connectivity index (χ3n) is 4.39. The largest absolute Gasteiger partial charge is 0.453 e. The molecule has 2 heterocycles. The molecule has 2 amide bonds. The van der Waals surface area contributed by atoms with Crippen LogP contribution in [0.25, 0.3) is 0 Å². The number of carbonyl (C=O) groups is 2. The van der Waals surface area contributed by atoms with Crippen molar-refractivity contribution in [3.8, 4) is 0 Å². The highest BCUT2D eigenvalue weighted by Crippen LogP contribution is 2.28. The number of carbonyl (C=O) groups excluding carboxylic acids is 2. The van der Waals surface area contributed by atoms with Crippen molar-refractivity contribution in [3.63, 3.8) is 0 Å². The third-order valence-corrected chi connectivity index (χ3v) is 7.12. The molecule has 0 fully saturated rings. The van der Waals surface area contributed by atoms with Crippen LogP contribution >= 0.6 is 11.3 Å². The highest BCUT2D eigenvalue weighted by atomic mass is 32.2. The smallest absolute Gasteiger partial charge is 0.409 e. The Balaban J connectivity index is 1.58. The van der Waals surface area contributed by atoms with Gasteiger partial charge in [-0.25, -0.2) is 18.2 Å². The number of methoxy groups -OCH3 is 1. The summed E-state index contributed by atoms with van der Waals surface area (Å²) in [6, 6.07) is 6.55. The molecular formula is C18H21N3O5S2. The summed E-state index contributed by atoms with van der Waals surface area (Å²) in [5.74, 6) is -0.685. The first kappa shape index (κ1) is 20.3. The summed E-state index contributed by atoms with van der Waals surface area (Å²) in [4.78, 5) is 30.9. The minimum Gasteiger partial charge on any atom is -0.453 e. The zero-order chi connectivity index (χ0) is 20.3. The molecule has 1 aromatic carbocycles. The Hall–Kier alpha value is -2.46. The van der Waals surface area contributed by atoms with E-state index in [4.69, 9.17) is 4.74 Å². The Morgan fingerprint density at radius 3 is 2.68 bits per heavy atom. The maximum absolute atomic E-state index is 12.3. The predicted octanol–water partition coefficient (Wildman–Crippen LogP) is 2.38. The van der Waals surface area contributed by atoms with Crippen LogP contribution in [0.15, 0.2) is 29.2 Å². The fourth-order valence-corrected chi connectivity index (χ4v) is 5.09. The molecule has 0 saturated heterocycles. The fraction of sp³-hybridized carbons (Fsp3) is 0.389. The topological polar surface area (TPSA) is 106 Å². The number of rotatable bonds is 5. The van der Waals surface area contributed by atoms with Gasteiger partial charge in [0.05, 0.1) is 30.0 Å². The molecule has 1 aromatic heterocycles. The van der Waals surface area contributed by atoms with Gasteiger partial charge < -0.3 is 15.0 Å². The number of hydrogen-bond donors (Lipinski definition) is 1. The molecule has 0 atom stereocenters. The van der Waals surface area contributed by atoms with E-state index in [0.29, 0.717) is 24.6 Å². The van der Waals surface area contributed by atoms with E-state index in [1.807, 2.05) is 6.92 Å². The summed E-state index contributed by atoms with van der Waals surface area (Å²) in [6.45, 7) is 2.77. The van der Waals surface area contributed by atoms with Crippen molar-refractivity contribution in [2.45, 2.75) is 31.2 Å². The SMILES string of the molecule is COC(=O)N1CCc2nc(NC(=O)CCS(=O)(=O)c3ccc(C)cc3)sc2C1. The Morgan fingerprint density at radius 2 is 2.00 bits per heavy atom.